The van der Waals surface area contributed by atoms with Crippen molar-refractivity contribution >= 4 is 29.2 Å². The van der Waals surface area contributed by atoms with E-state index in [1.54, 1.807) is 0 Å². The first-order valence-corrected chi connectivity index (χ1v) is 6.20. The lowest BCUT2D eigenvalue weighted by Crippen LogP contribution is -2.34. The Labute approximate surface area is 124 Å². The first-order chi connectivity index (χ1) is 9.97. The molecule has 0 saturated heterocycles. The van der Waals surface area contributed by atoms with Crippen LogP contribution in [0.25, 0.3) is 0 Å². The molecule has 7 heteroatoms. The molecule has 0 aliphatic carbocycles. The number of hydrogen-bond acceptors (Lipinski definition) is 3. The number of carbonyl (C=O) groups excluding carboxylic acids is 2. The number of benzene rings is 2. The first-order valence-electron chi connectivity index (χ1n) is 5.83. The van der Waals surface area contributed by atoms with Crippen LogP contribution in [-0.2, 0) is 0 Å². The summed E-state index contributed by atoms with van der Waals surface area (Å²) in [6, 6.07) is 8.37. The number of aromatic hydroxyl groups is 1. The van der Waals surface area contributed by atoms with E-state index in [0.29, 0.717) is 5.02 Å². The number of anilines is 1. The van der Waals surface area contributed by atoms with Crippen LogP contribution in [0.3, 0.4) is 0 Å². The molecule has 0 heterocycles. The fourth-order valence-corrected chi connectivity index (χ4v) is 1.75. The van der Waals surface area contributed by atoms with Gasteiger partial charge >= 0.3 is 6.03 Å². The number of phenols is 1. The van der Waals surface area contributed by atoms with Gasteiger partial charge < -0.3 is 10.4 Å². The van der Waals surface area contributed by atoms with Gasteiger partial charge in [0.2, 0.25) is 0 Å². The van der Waals surface area contributed by atoms with Crippen molar-refractivity contribution in [1.82, 2.24) is 5.32 Å². The van der Waals surface area contributed by atoms with Crippen molar-refractivity contribution in [2.75, 3.05) is 5.32 Å². The highest BCUT2D eigenvalue weighted by Crippen LogP contribution is 2.26. The van der Waals surface area contributed by atoms with Crippen LogP contribution in [0.2, 0.25) is 5.02 Å². The van der Waals surface area contributed by atoms with Gasteiger partial charge in [-0.25, -0.2) is 9.18 Å². The Morgan fingerprint density at radius 1 is 1.14 bits per heavy atom. The first kappa shape index (κ1) is 14.8. The third kappa shape index (κ3) is 3.70. The molecule has 5 nitrogen and oxygen atoms in total. The number of nitrogens with one attached hydrogen (secondary N) is 2. The van der Waals surface area contributed by atoms with Crippen molar-refractivity contribution in [1.29, 1.82) is 0 Å². The number of hydrogen-bond donors (Lipinski definition) is 3. The van der Waals surface area contributed by atoms with Gasteiger partial charge in [-0.15, -0.1) is 0 Å². The second-order valence-corrected chi connectivity index (χ2v) is 4.49. The molecule has 0 aromatic heterocycles. The van der Waals surface area contributed by atoms with E-state index in [0.717, 1.165) is 6.07 Å². The molecule has 0 atom stereocenters. The summed E-state index contributed by atoms with van der Waals surface area (Å²) in [5.74, 6) is -1.85. The highest BCUT2D eigenvalue weighted by molar-refractivity contribution is 6.31. The van der Waals surface area contributed by atoms with Gasteiger partial charge in [-0.2, -0.15) is 0 Å². The molecule has 0 spiro atoms. The second kappa shape index (κ2) is 6.23. The van der Waals surface area contributed by atoms with Crippen LogP contribution in [0.5, 0.6) is 5.75 Å². The van der Waals surface area contributed by atoms with E-state index in [2.05, 4.69) is 5.32 Å². The maximum atomic E-state index is 13.4. The van der Waals surface area contributed by atoms with Crippen molar-refractivity contribution in [3.63, 3.8) is 0 Å². The van der Waals surface area contributed by atoms with Crippen LogP contribution in [-0.4, -0.2) is 17.0 Å². The van der Waals surface area contributed by atoms with Crippen molar-refractivity contribution in [3.8, 4) is 5.75 Å². The quantitative estimate of drug-likeness (QED) is 0.746. The number of rotatable bonds is 2. The SMILES string of the molecule is O=C(NC(=O)c1ccccc1F)Nc1cc(Cl)ccc1O. The molecular weight excluding hydrogens is 299 g/mol. The van der Waals surface area contributed by atoms with E-state index in [1.807, 2.05) is 5.32 Å². The molecule has 0 aliphatic heterocycles. The maximum absolute atomic E-state index is 13.4. The largest absolute Gasteiger partial charge is 0.506 e. The molecule has 2 rings (SSSR count). The topological polar surface area (TPSA) is 78.4 Å². The maximum Gasteiger partial charge on any atom is 0.326 e. The number of urea groups is 1. The summed E-state index contributed by atoms with van der Waals surface area (Å²) in [5.41, 5.74) is -0.232. The van der Waals surface area contributed by atoms with Crippen molar-refractivity contribution in [2.24, 2.45) is 0 Å². The van der Waals surface area contributed by atoms with Crippen LogP contribution < -0.4 is 10.6 Å². The van der Waals surface area contributed by atoms with Crippen LogP contribution in [0.4, 0.5) is 14.9 Å². The Morgan fingerprint density at radius 2 is 1.86 bits per heavy atom. The Morgan fingerprint density at radius 3 is 2.57 bits per heavy atom. The second-order valence-electron chi connectivity index (χ2n) is 4.05. The fraction of sp³-hybridized carbons (Fsp3) is 0. The number of halogens is 2. The summed E-state index contributed by atoms with van der Waals surface area (Å²) in [4.78, 5) is 23.4. The van der Waals surface area contributed by atoms with Crippen LogP contribution >= 0.6 is 11.6 Å². The molecule has 0 fully saturated rings. The minimum atomic E-state index is -0.916. The Hall–Kier alpha value is -2.60. The predicted molar refractivity (Wildman–Crippen MR) is 76.0 cm³/mol. The lowest BCUT2D eigenvalue weighted by atomic mass is 10.2. The van der Waals surface area contributed by atoms with E-state index in [9.17, 15) is 19.1 Å². The molecule has 108 valence electrons. The zero-order chi connectivity index (χ0) is 15.4. The monoisotopic (exact) mass is 308 g/mol. The van der Waals surface area contributed by atoms with Crippen LogP contribution in [0.15, 0.2) is 42.5 Å². The highest BCUT2D eigenvalue weighted by Gasteiger charge is 2.15. The van der Waals surface area contributed by atoms with Crippen molar-refractivity contribution in [3.05, 3.63) is 58.9 Å². The smallest absolute Gasteiger partial charge is 0.326 e. The Kier molecular flexibility index (Phi) is 4.39. The number of phenolic OH excluding ortho intramolecular Hbond substituents is 1. The zero-order valence-electron chi connectivity index (χ0n) is 10.6. The summed E-state index contributed by atoms with van der Waals surface area (Å²) in [7, 11) is 0. The summed E-state index contributed by atoms with van der Waals surface area (Å²) >= 11 is 5.72. The molecule has 2 aromatic carbocycles. The third-order valence-corrected chi connectivity index (χ3v) is 2.79. The summed E-state index contributed by atoms with van der Waals surface area (Å²) < 4.78 is 13.4. The van der Waals surface area contributed by atoms with Gasteiger partial charge in [0.15, 0.2) is 0 Å². The lowest BCUT2D eigenvalue weighted by Gasteiger charge is -2.09. The average molecular weight is 309 g/mol. The predicted octanol–water partition coefficient (Wildman–Crippen LogP) is 3.15. The van der Waals surface area contributed by atoms with Gasteiger partial charge in [0.05, 0.1) is 11.3 Å². The Bertz CT molecular complexity index is 706. The fourth-order valence-electron chi connectivity index (χ4n) is 1.58. The minimum absolute atomic E-state index is 0.0290. The minimum Gasteiger partial charge on any atom is -0.506 e. The van der Waals surface area contributed by atoms with Crippen molar-refractivity contribution in [2.45, 2.75) is 0 Å². The van der Waals surface area contributed by atoms with E-state index in [1.165, 1.54) is 36.4 Å². The van der Waals surface area contributed by atoms with E-state index in [4.69, 9.17) is 11.6 Å². The molecule has 2 aromatic rings. The molecule has 0 bridgehead atoms. The summed E-state index contributed by atoms with van der Waals surface area (Å²) in [5, 5.41) is 14.0. The van der Waals surface area contributed by atoms with Gasteiger partial charge in [0.1, 0.15) is 11.6 Å². The molecule has 0 radical (unpaired) electrons. The van der Waals surface area contributed by atoms with Gasteiger partial charge in [-0.1, -0.05) is 23.7 Å². The average Bonchev–Trinajstić information content (AvgIpc) is 2.43. The van der Waals surface area contributed by atoms with Crippen molar-refractivity contribution < 1.29 is 19.1 Å². The molecular formula is C14H10ClFN2O3. The highest BCUT2D eigenvalue weighted by atomic mass is 35.5. The molecule has 0 saturated carbocycles. The Balaban J connectivity index is 2.07. The number of carbonyl (C=O) groups is 2. The van der Waals surface area contributed by atoms with Gasteiger partial charge in [0, 0.05) is 5.02 Å². The van der Waals surface area contributed by atoms with Gasteiger partial charge in [-0.05, 0) is 30.3 Å². The molecule has 0 aliphatic rings. The van der Waals surface area contributed by atoms with Gasteiger partial charge in [-0.3, -0.25) is 10.1 Å². The van der Waals surface area contributed by atoms with E-state index < -0.39 is 17.8 Å². The number of imide groups is 1. The summed E-state index contributed by atoms with van der Waals surface area (Å²) in [6.45, 7) is 0. The molecule has 21 heavy (non-hydrogen) atoms. The van der Waals surface area contributed by atoms with E-state index in [-0.39, 0.29) is 17.0 Å². The van der Waals surface area contributed by atoms with Gasteiger partial charge in [0.25, 0.3) is 5.91 Å². The van der Waals surface area contributed by atoms with E-state index >= 15 is 0 Å². The molecule has 3 amide bonds. The normalized spacial score (nSPS) is 10.0. The number of amides is 3. The third-order valence-electron chi connectivity index (χ3n) is 2.55. The van der Waals surface area contributed by atoms with Crippen LogP contribution in [0, 0.1) is 5.82 Å². The van der Waals surface area contributed by atoms with Crippen LogP contribution in [0.1, 0.15) is 10.4 Å². The summed E-state index contributed by atoms with van der Waals surface area (Å²) in [6.07, 6.45) is 0. The molecule has 3 N–H and O–H groups in total. The molecule has 0 unspecified atom stereocenters. The lowest BCUT2D eigenvalue weighted by molar-refractivity contribution is 0.0963. The standard InChI is InChI=1S/C14H10ClFN2O3/c15-8-5-6-12(19)11(7-8)17-14(21)18-13(20)9-3-1-2-4-10(9)16/h1-7,19H,(H2,17,18,20,21). The zero-order valence-corrected chi connectivity index (χ0v) is 11.3.